The van der Waals surface area contributed by atoms with Crippen LogP contribution in [0.5, 0.6) is 0 Å². The Labute approximate surface area is 121 Å². The third-order valence-corrected chi connectivity index (χ3v) is 4.29. The van der Waals surface area contributed by atoms with E-state index in [0.717, 1.165) is 6.54 Å². The van der Waals surface area contributed by atoms with E-state index >= 15 is 0 Å². The van der Waals surface area contributed by atoms with E-state index in [-0.39, 0.29) is 5.41 Å². The van der Waals surface area contributed by atoms with Gasteiger partial charge in [0, 0.05) is 12.2 Å². The molecule has 0 fully saturated rings. The van der Waals surface area contributed by atoms with Gasteiger partial charge in [-0.25, -0.2) is 0 Å². The molecule has 1 aliphatic heterocycles. The van der Waals surface area contributed by atoms with Crippen molar-refractivity contribution in [1.29, 1.82) is 0 Å². The fraction of sp³-hybridized carbons (Fsp3) is 0.778. The fourth-order valence-electron chi connectivity index (χ4n) is 2.51. The molecule has 0 amide bonds. The highest BCUT2D eigenvalue weighted by Gasteiger charge is 2.31. The fourth-order valence-corrected chi connectivity index (χ4v) is 2.51. The zero-order chi connectivity index (χ0) is 15.1. The van der Waals surface area contributed by atoms with Gasteiger partial charge in [-0.1, -0.05) is 61.0 Å². The summed E-state index contributed by atoms with van der Waals surface area (Å²) in [6, 6.07) is 0. The van der Waals surface area contributed by atoms with E-state index in [1.807, 2.05) is 13.8 Å². The summed E-state index contributed by atoms with van der Waals surface area (Å²) in [4.78, 5) is 0. The predicted octanol–water partition coefficient (Wildman–Crippen LogP) is 5.69. The first-order valence-electron chi connectivity index (χ1n) is 8.05. The minimum atomic E-state index is 0.261. The van der Waals surface area contributed by atoms with Gasteiger partial charge in [0.1, 0.15) is 0 Å². The second kappa shape index (κ2) is 8.45. The van der Waals surface area contributed by atoms with Crippen LogP contribution >= 0.6 is 0 Å². The maximum atomic E-state index is 3.60. The van der Waals surface area contributed by atoms with Crippen molar-refractivity contribution in [3.8, 4) is 0 Å². The molecule has 1 N–H and O–H groups in total. The van der Waals surface area contributed by atoms with E-state index in [2.05, 4.69) is 52.9 Å². The molecule has 0 aromatic heterocycles. The molecule has 0 bridgehead atoms. The molecule has 0 aromatic carbocycles. The van der Waals surface area contributed by atoms with Gasteiger partial charge in [-0.05, 0) is 42.2 Å². The lowest BCUT2D eigenvalue weighted by molar-refractivity contribution is 0.307. The van der Waals surface area contributed by atoms with Gasteiger partial charge in [0.2, 0.25) is 0 Å². The van der Waals surface area contributed by atoms with Gasteiger partial charge in [-0.15, -0.1) is 0 Å². The van der Waals surface area contributed by atoms with Crippen LogP contribution in [0.1, 0.15) is 74.7 Å². The van der Waals surface area contributed by atoms with Crippen molar-refractivity contribution >= 4 is 0 Å². The lowest BCUT2D eigenvalue weighted by atomic mass is 9.70. The third-order valence-electron chi connectivity index (χ3n) is 4.29. The molecule has 0 aliphatic carbocycles. The highest BCUT2D eigenvalue weighted by atomic mass is 14.9. The number of rotatable bonds is 5. The normalized spacial score (nSPS) is 15.7. The summed E-state index contributed by atoms with van der Waals surface area (Å²) >= 11 is 0. The predicted molar refractivity (Wildman–Crippen MR) is 88.3 cm³/mol. The summed E-state index contributed by atoms with van der Waals surface area (Å²) < 4.78 is 0. The third kappa shape index (κ3) is 4.71. The van der Waals surface area contributed by atoms with Crippen molar-refractivity contribution in [3.63, 3.8) is 0 Å². The number of hydrogen-bond acceptors (Lipinski definition) is 1. The molecule has 19 heavy (non-hydrogen) atoms. The Morgan fingerprint density at radius 1 is 1.26 bits per heavy atom. The molecule has 112 valence electrons. The van der Waals surface area contributed by atoms with Crippen LogP contribution < -0.4 is 5.32 Å². The molecule has 0 radical (unpaired) electrons. The Balaban J connectivity index is 0.00000154. The van der Waals surface area contributed by atoms with Crippen LogP contribution in [0.4, 0.5) is 0 Å². The molecule has 0 spiro atoms. The average Bonchev–Trinajstić information content (AvgIpc) is 2.38. The van der Waals surface area contributed by atoms with Crippen molar-refractivity contribution in [2.45, 2.75) is 74.7 Å². The number of unbranched alkanes of at least 4 members (excludes halogenated alkanes) is 1. The highest BCUT2D eigenvalue weighted by Crippen LogP contribution is 2.41. The largest absolute Gasteiger partial charge is 0.385 e. The van der Waals surface area contributed by atoms with Gasteiger partial charge >= 0.3 is 0 Å². The summed E-state index contributed by atoms with van der Waals surface area (Å²) in [5, 5.41) is 3.60. The molecular formula is C18H35N. The minimum absolute atomic E-state index is 0.261. The van der Waals surface area contributed by atoms with E-state index in [4.69, 9.17) is 0 Å². The van der Waals surface area contributed by atoms with Gasteiger partial charge < -0.3 is 5.32 Å². The molecule has 1 nitrogen and oxygen atoms in total. The van der Waals surface area contributed by atoms with Crippen LogP contribution in [0, 0.1) is 11.3 Å². The Bertz CT molecular complexity index is 319. The summed E-state index contributed by atoms with van der Waals surface area (Å²) in [5.41, 5.74) is 4.79. The first-order valence-corrected chi connectivity index (χ1v) is 8.05. The topological polar surface area (TPSA) is 12.0 Å². The van der Waals surface area contributed by atoms with E-state index in [0.29, 0.717) is 5.92 Å². The van der Waals surface area contributed by atoms with E-state index in [1.165, 1.54) is 30.5 Å². The van der Waals surface area contributed by atoms with Crippen LogP contribution in [-0.2, 0) is 0 Å². The smallest absolute Gasteiger partial charge is 0.0333 e. The molecule has 0 saturated heterocycles. The van der Waals surface area contributed by atoms with Gasteiger partial charge in [0.15, 0.2) is 0 Å². The molecule has 1 rings (SSSR count). The summed E-state index contributed by atoms with van der Waals surface area (Å²) in [6.07, 6.45) is 6.08. The molecule has 0 saturated carbocycles. The Morgan fingerprint density at radius 2 is 1.84 bits per heavy atom. The van der Waals surface area contributed by atoms with Crippen molar-refractivity contribution in [2.24, 2.45) is 11.3 Å². The molecule has 0 aromatic rings. The average molecular weight is 265 g/mol. The summed E-state index contributed by atoms with van der Waals surface area (Å²) in [5.74, 6) is 0.664. The van der Waals surface area contributed by atoms with Crippen molar-refractivity contribution in [1.82, 2.24) is 5.32 Å². The number of nitrogens with one attached hydrogen (secondary N) is 1. The van der Waals surface area contributed by atoms with Gasteiger partial charge in [-0.3, -0.25) is 0 Å². The highest BCUT2D eigenvalue weighted by molar-refractivity contribution is 5.41. The standard InChI is InChI=1S/C16H29N.C2H6/c1-7-8-9-14-15(13(4)10-11-17-14)16(5,6)12(2)3;1-2/h10,12,17H,7-9,11H2,1-6H3;1-2H3. The SMILES string of the molecule is CC.CCCCC1=C(C(C)(C)C(C)C)C(C)=CCN1. The van der Waals surface area contributed by atoms with Gasteiger partial charge in [0.25, 0.3) is 0 Å². The van der Waals surface area contributed by atoms with E-state index in [1.54, 1.807) is 5.57 Å². The molecule has 0 unspecified atom stereocenters. The maximum absolute atomic E-state index is 3.60. The second-order valence-corrected chi connectivity index (χ2v) is 6.10. The van der Waals surface area contributed by atoms with E-state index < -0.39 is 0 Å². The van der Waals surface area contributed by atoms with Crippen LogP contribution in [0.3, 0.4) is 0 Å². The van der Waals surface area contributed by atoms with Crippen molar-refractivity contribution in [2.75, 3.05) is 6.54 Å². The Kier molecular flexibility index (Phi) is 8.13. The Hall–Kier alpha value is -0.720. The first kappa shape index (κ1) is 18.3. The molecule has 0 atom stereocenters. The lowest BCUT2D eigenvalue weighted by Crippen LogP contribution is -2.31. The summed E-state index contributed by atoms with van der Waals surface area (Å²) in [6.45, 7) is 18.9. The second-order valence-electron chi connectivity index (χ2n) is 6.10. The minimum Gasteiger partial charge on any atom is -0.385 e. The van der Waals surface area contributed by atoms with Crippen LogP contribution in [0.2, 0.25) is 0 Å². The molecule has 1 heteroatoms. The van der Waals surface area contributed by atoms with Crippen molar-refractivity contribution < 1.29 is 0 Å². The molecular weight excluding hydrogens is 230 g/mol. The first-order chi connectivity index (χ1) is 8.91. The molecule has 1 aliphatic rings. The van der Waals surface area contributed by atoms with Crippen LogP contribution in [-0.4, -0.2) is 6.54 Å². The van der Waals surface area contributed by atoms with Crippen LogP contribution in [0.25, 0.3) is 0 Å². The zero-order valence-electron chi connectivity index (χ0n) is 14.5. The Morgan fingerprint density at radius 3 is 2.32 bits per heavy atom. The number of allylic oxidation sites excluding steroid dienone is 3. The monoisotopic (exact) mass is 265 g/mol. The number of dihydropyridines is 1. The zero-order valence-corrected chi connectivity index (χ0v) is 14.5. The van der Waals surface area contributed by atoms with E-state index in [9.17, 15) is 0 Å². The quantitative estimate of drug-likeness (QED) is 0.673. The summed E-state index contributed by atoms with van der Waals surface area (Å²) in [7, 11) is 0. The van der Waals surface area contributed by atoms with Crippen LogP contribution in [0.15, 0.2) is 22.9 Å². The van der Waals surface area contributed by atoms with Gasteiger partial charge in [0.05, 0.1) is 0 Å². The maximum Gasteiger partial charge on any atom is 0.0333 e. The number of hydrogen-bond donors (Lipinski definition) is 1. The molecule has 1 heterocycles. The van der Waals surface area contributed by atoms with Crippen molar-refractivity contribution in [3.05, 3.63) is 22.9 Å². The lowest BCUT2D eigenvalue weighted by Gasteiger charge is -2.37. The van der Waals surface area contributed by atoms with Gasteiger partial charge in [-0.2, -0.15) is 0 Å².